The van der Waals surface area contributed by atoms with E-state index in [0.29, 0.717) is 0 Å². The summed E-state index contributed by atoms with van der Waals surface area (Å²) in [5.74, 6) is -0.782. The van der Waals surface area contributed by atoms with Crippen LogP contribution in [0.5, 0.6) is 11.5 Å². The van der Waals surface area contributed by atoms with Crippen LogP contribution in [0.1, 0.15) is 27.1 Å². The molecule has 156 valence electrons. The van der Waals surface area contributed by atoms with Gasteiger partial charge in [-0.3, -0.25) is 0 Å². The number of carbonyl (C=O) groups excluding carboxylic acids is 2. The first-order valence-corrected chi connectivity index (χ1v) is 9.14. The molecule has 0 aliphatic carbocycles. The molecule has 0 amide bonds. The van der Waals surface area contributed by atoms with Gasteiger partial charge in [-0.2, -0.15) is 0 Å². The molecule has 2 aromatic carbocycles. The van der Waals surface area contributed by atoms with Gasteiger partial charge in [-0.25, -0.2) is 9.59 Å². The van der Waals surface area contributed by atoms with Gasteiger partial charge in [0.1, 0.15) is 22.6 Å². The zero-order valence-electron chi connectivity index (χ0n) is 15.8. The minimum absolute atomic E-state index is 0.0108. The van der Waals surface area contributed by atoms with Crippen LogP contribution in [0.3, 0.4) is 0 Å². The first kappa shape index (κ1) is 22.4. The number of benzene rings is 2. The summed E-state index contributed by atoms with van der Waals surface area (Å²) in [6.45, 7) is 0.0216. The Morgan fingerprint density at radius 2 is 1.17 bits per heavy atom. The maximum atomic E-state index is 12.2. The Kier molecular flexibility index (Phi) is 7.81. The molecule has 0 spiro atoms. The molecule has 0 saturated carbocycles. The molecule has 0 aliphatic rings. The van der Waals surface area contributed by atoms with E-state index in [9.17, 15) is 9.59 Å². The highest BCUT2D eigenvalue weighted by atomic mass is 35.5. The molecule has 29 heavy (non-hydrogen) atoms. The van der Waals surface area contributed by atoms with E-state index in [4.69, 9.17) is 53.6 Å². The molecule has 0 fully saturated rings. The van der Waals surface area contributed by atoms with Crippen molar-refractivity contribution < 1.29 is 28.5 Å². The van der Waals surface area contributed by atoms with Crippen molar-refractivity contribution in [1.29, 1.82) is 0 Å². The molecule has 0 radical (unpaired) electrons. The van der Waals surface area contributed by atoms with E-state index in [1.54, 1.807) is 0 Å². The van der Waals surface area contributed by atoms with Gasteiger partial charge in [0.05, 0.1) is 48.9 Å². The Balaban J connectivity index is 1.87. The second kappa shape index (κ2) is 10.1. The zero-order valence-corrected chi connectivity index (χ0v) is 17.3. The summed E-state index contributed by atoms with van der Waals surface area (Å²) in [4.78, 5) is 24.4. The Hall–Kier alpha value is -2.84. The second-order valence-electron chi connectivity index (χ2n) is 5.77. The number of halogens is 2. The molecular weight excluding hydrogens is 423 g/mol. The number of anilines is 2. The van der Waals surface area contributed by atoms with Gasteiger partial charge in [-0.1, -0.05) is 23.2 Å². The molecule has 8 nitrogen and oxygen atoms in total. The molecule has 4 N–H and O–H groups in total. The van der Waals surface area contributed by atoms with Gasteiger partial charge in [0, 0.05) is 18.6 Å². The number of nitrogen functional groups attached to an aromatic ring is 2. The van der Waals surface area contributed by atoms with Gasteiger partial charge >= 0.3 is 11.9 Å². The van der Waals surface area contributed by atoms with Gasteiger partial charge < -0.3 is 30.4 Å². The SMILES string of the molecule is COc1cc(N)c(Cl)cc1C(=O)OCCCOC(=O)c1cc(Cl)c(N)cc1OC. The molecule has 0 saturated heterocycles. The average Bonchev–Trinajstić information content (AvgIpc) is 2.70. The van der Waals surface area contributed by atoms with Crippen LogP contribution in [-0.2, 0) is 9.47 Å². The van der Waals surface area contributed by atoms with E-state index in [1.807, 2.05) is 0 Å². The summed E-state index contributed by atoms with van der Waals surface area (Å²) in [7, 11) is 2.80. The number of ether oxygens (including phenoxy) is 4. The van der Waals surface area contributed by atoms with Crippen LogP contribution in [0, 0.1) is 0 Å². The maximum absolute atomic E-state index is 12.2. The van der Waals surface area contributed by atoms with E-state index in [0.717, 1.165) is 0 Å². The van der Waals surface area contributed by atoms with Crippen molar-refractivity contribution in [1.82, 2.24) is 0 Å². The van der Waals surface area contributed by atoms with E-state index < -0.39 is 11.9 Å². The molecule has 0 aromatic heterocycles. The Morgan fingerprint density at radius 3 is 1.52 bits per heavy atom. The van der Waals surface area contributed by atoms with E-state index >= 15 is 0 Å². The van der Waals surface area contributed by atoms with Crippen LogP contribution in [0.2, 0.25) is 10.0 Å². The third-order valence-corrected chi connectivity index (χ3v) is 4.49. The lowest BCUT2D eigenvalue weighted by molar-refractivity contribution is 0.0392. The topological polar surface area (TPSA) is 123 Å². The summed E-state index contributed by atoms with van der Waals surface area (Å²) in [6.07, 6.45) is 0.271. The summed E-state index contributed by atoms with van der Waals surface area (Å²) in [5.41, 5.74) is 12.2. The molecule has 10 heteroatoms. The van der Waals surface area contributed by atoms with Gasteiger partial charge in [0.2, 0.25) is 0 Å². The number of esters is 2. The lowest BCUT2D eigenvalue weighted by Crippen LogP contribution is -2.13. The normalized spacial score (nSPS) is 10.3. The van der Waals surface area contributed by atoms with Crippen molar-refractivity contribution >= 4 is 46.5 Å². The fourth-order valence-corrected chi connectivity index (χ4v) is 2.67. The number of hydrogen-bond donors (Lipinski definition) is 2. The predicted molar refractivity (Wildman–Crippen MR) is 110 cm³/mol. The maximum Gasteiger partial charge on any atom is 0.341 e. The molecule has 0 bridgehead atoms. The largest absolute Gasteiger partial charge is 0.496 e. The van der Waals surface area contributed by atoms with Crippen molar-refractivity contribution in [2.45, 2.75) is 6.42 Å². The Bertz CT molecular complexity index is 847. The molecule has 2 aromatic rings. The lowest BCUT2D eigenvalue weighted by Gasteiger charge is -2.12. The Labute approximate surface area is 177 Å². The van der Waals surface area contributed by atoms with Crippen molar-refractivity contribution in [3.8, 4) is 11.5 Å². The third-order valence-electron chi connectivity index (χ3n) is 3.83. The predicted octanol–water partition coefficient (Wildman–Crippen LogP) is 3.58. The summed E-state index contributed by atoms with van der Waals surface area (Å²) in [5, 5.41) is 0.422. The molecule has 0 heterocycles. The van der Waals surface area contributed by atoms with Crippen LogP contribution >= 0.6 is 23.2 Å². The van der Waals surface area contributed by atoms with E-state index in [1.165, 1.54) is 38.5 Å². The second-order valence-corrected chi connectivity index (χ2v) is 6.59. The van der Waals surface area contributed by atoms with Crippen LogP contribution in [-0.4, -0.2) is 39.4 Å². The minimum Gasteiger partial charge on any atom is -0.496 e. The van der Waals surface area contributed by atoms with Crippen LogP contribution < -0.4 is 20.9 Å². The number of nitrogens with two attached hydrogens (primary N) is 2. The quantitative estimate of drug-likeness (QED) is 0.361. The van der Waals surface area contributed by atoms with Crippen molar-refractivity contribution in [2.24, 2.45) is 0 Å². The number of hydrogen-bond acceptors (Lipinski definition) is 8. The highest BCUT2D eigenvalue weighted by Crippen LogP contribution is 2.30. The molecular formula is C19H20Cl2N2O6. The van der Waals surface area contributed by atoms with Crippen LogP contribution in [0.15, 0.2) is 24.3 Å². The summed E-state index contributed by atoms with van der Waals surface area (Å²) < 4.78 is 20.5. The summed E-state index contributed by atoms with van der Waals surface area (Å²) >= 11 is 11.9. The average molecular weight is 443 g/mol. The fourth-order valence-electron chi connectivity index (χ4n) is 2.34. The van der Waals surface area contributed by atoms with Crippen molar-refractivity contribution in [3.63, 3.8) is 0 Å². The first-order valence-electron chi connectivity index (χ1n) is 8.38. The van der Waals surface area contributed by atoms with E-state index in [2.05, 4.69) is 0 Å². The minimum atomic E-state index is -0.637. The number of rotatable bonds is 8. The van der Waals surface area contributed by atoms with E-state index in [-0.39, 0.29) is 63.7 Å². The van der Waals surface area contributed by atoms with Gasteiger partial charge in [-0.15, -0.1) is 0 Å². The smallest absolute Gasteiger partial charge is 0.341 e. The lowest BCUT2D eigenvalue weighted by atomic mass is 10.2. The third kappa shape index (κ3) is 5.58. The van der Waals surface area contributed by atoms with Crippen LogP contribution in [0.25, 0.3) is 0 Å². The molecule has 2 rings (SSSR count). The standard InChI is InChI=1S/C19H20Cl2N2O6/c1-26-16-8-14(22)12(20)6-10(16)18(24)28-4-3-5-29-19(25)11-7-13(21)15(23)9-17(11)27-2/h6-9H,3-5,22-23H2,1-2H3. The van der Waals surface area contributed by atoms with Gasteiger partial charge in [-0.05, 0) is 12.1 Å². The van der Waals surface area contributed by atoms with Gasteiger partial charge in [0.15, 0.2) is 0 Å². The Morgan fingerprint density at radius 1 is 0.793 bits per heavy atom. The van der Waals surface area contributed by atoms with Gasteiger partial charge in [0.25, 0.3) is 0 Å². The molecule has 0 aliphatic heterocycles. The monoisotopic (exact) mass is 442 g/mol. The molecule has 0 unspecified atom stereocenters. The first-order chi connectivity index (χ1) is 13.8. The highest BCUT2D eigenvalue weighted by molar-refractivity contribution is 6.34. The van der Waals surface area contributed by atoms with Crippen molar-refractivity contribution in [2.75, 3.05) is 38.9 Å². The number of carbonyl (C=O) groups is 2. The van der Waals surface area contributed by atoms with Crippen LogP contribution in [0.4, 0.5) is 11.4 Å². The highest BCUT2D eigenvalue weighted by Gasteiger charge is 2.18. The fraction of sp³-hybridized carbons (Fsp3) is 0.263. The molecule has 0 atom stereocenters. The number of methoxy groups -OCH3 is 2. The van der Waals surface area contributed by atoms with Crippen molar-refractivity contribution in [3.05, 3.63) is 45.4 Å². The summed E-state index contributed by atoms with van der Waals surface area (Å²) in [6, 6.07) is 5.61. The zero-order chi connectivity index (χ0) is 21.6.